The number of carbonyl (C=O) groups is 4. The fourth-order valence-electron chi connectivity index (χ4n) is 13.8. The molecule has 62 heavy (non-hydrogen) atoms. The van der Waals surface area contributed by atoms with Gasteiger partial charge in [0.05, 0.1) is 29.5 Å². The maximum absolute atomic E-state index is 13.4. The number of carbonyl (C=O) groups excluding carboxylic acids is 4. The standard InChI is InChI=1S/C52H84O10/c1-32(2)27-34(5)43-21-22-44-41-20-13-36-28-40(23-25-51(36,8)45(41)24-26-52(43,44)9)61-46(53)30-58-49(56)50(6,7)29-42(33(3)4)48(55)60-31-59-38-14-11-35(12-15-38)47(54)62-39-18-16-37(57-10)17-19-39/h13,32-35,37-45H,11-12,14-31H2,1-10H3. The van der Waals surface area contributed by atoms with Gasteiger partial charge in [0, 0.05) is 13.5 Å². The Morgan fingerprint density at radius 3 is 2.10 bits per heavy atom. The van der Waals surface area contributed by atoms with Crippen LogP contribution in [0.15, 0.2) is 11.6 Å². The summed E-state index contributed by atoms with van der Waals surface area (Å²) < 4.78 is 34.3. The summed E-state index contributed by atoms with van der Waals surface area (Å²) in [5, 5.41) is 0. The van der Waals surface area contributed by atoms with E-state index in [2.05, 4.69) is 40.7 Å². The highest BCUT2D eigenvalue weighted by atomic mass is 16.7. The number of hydrogen-bond acceptors (Lipinski definition) is 10. The van der Waals surface area contributed by atoms with E-state index in [1.165, 1.54) is 37.7 Å². The minimum Gasteiger partial charge on any atom is -0.462 e. The van der Waals surface area contributed by atoms with Crippen molar-refractivity contribution in [1.29, 1.82) is 0 Å². The van der Waals surface area contributed by atoms with Gasteiger partial charge in [0.1, 0.15) is 12.2 Å². The van der Waals surface area contributed by atoms with Gasteiger partial charge >= 0.3 is 23.9 Å². The molecule has 0 saturated heterocycles. The summed E-state index contributed by atoms with van der Waals surface area (Å²) in [5.41, 5.74) is 1.04. The molecule has 0 aromatic rings. The second-order valence-electron chi connectivity index (χ2n) is 22.8. The third-order valence-corrected chi connectivity index (χ3v) is 17.4. The van der Waals surface area contributed by atoms with Crippen LogP contribution in [-0.4, -0.2) is 68.8 Å². The first-order valence-corrected chi connectivity index (χ1v) is 24.9. The van der Waals surface area contributed by atoms with E-state index in [0.29, 0.717) is 37.0 Å². The number of fused-ring (bicyclic) bond motifs is 5. The summed E-state index contributed by atoms with van der Waals surface area (Å²) in [7, 11) is 1.73. The van der Waals surface area contributed by atoms with Gasteiger partial charge in [0.25, 0.3) is 0 Å². The van der Waals surface area contributed by atoms with Crippen LogP contribution in [0.3, 0.4) is 0 Å². The molecule has 0 aromatic heterocycles. The molecule has 0 aliphatic heterocycles. The average molecular weight is 869 g/mol. The van der Waals surface area contributed by atoms with Gasteiger partial charge in [-0.15, -0.1) is 0 Å². The van der Waals surface area contributed by atoms with E-state index in [4.69, 9.17) is 28.4 Å². The lowest BCUT2D eigenvalue weighted by molar-refractivity contribution is -0.174. The van der Waals surface area contributed by atoms with Crippen molar-refractivity contribution >= 4 is 23.9 Å². The lowest BCUT2D eigenvalue weighted by Crippen LogP contribution is -2.51. The van der Waals surface area contributed by atoms with Gasteiger partial charge in [0.2, 0.25) is 0 Å². The van der Waals surface area contributed by atoms with E-state index in [9.17, 15) is 19.2 Å². The van der Waals surface area contributed by atoms with Crippen molar-refractivity contribution in [2.45, 2.75) is 202 Å². The molecule has 352 valence electrons. The molecule has 10 nitrogen and oxygen atoms in total. The van der Waals surface area contributed by atoms with E-state index in [1.54, 1.807) is 21.0 Å². The van der Waals surface area contributed by atoms with Crippen LogP contribution in [0.4, 0.5) is 0 Å². The number of rotatable bonds is 17. The first-order chi connectivity index (χ1) is 29.3. The molecule has 6 aliphatic carbocycles. The molecule has 0 aromatic carbocycles. The predicted octanol–water partition coefficient (Wildman–Crippen LogP) is 11.0. The molecule has 9 atom stereocenters. The second-order valence-corrected chi connectivity index (χ2v) is 22.8. The fourth-order valence-corrected chi connectivity index (χ4v) is 13.8. The molecule has 0 heterocycles. The largest absolute Gasteiger partial charge is 0.462 e. The minimum absolute atomic E-state index is 0.0243. The monoisotopic (exact) mass is 869 g/mol. The molecule has 0 bridgehead atoms. The molecule has 0 amide bonds. The predicted molar refractivity (Wildman–Crippen MR) is 238 cm³/mol. The molecule has 9 unspecified atom stereocenters. The summed E-state index contributed by atoms with van der Waals surface area (Å²) in [4.78, 5) is 52.7. The van der Waals surface area contributed by atoms with E-state index in [1.807, 2.05) is 13.8 Å². The molecule has 0 spiro atoms. The molecule has 10 heteroatoms. The molecule has 5 fully saturated rings. The Morgan fingerprint density at radius 2 is 1.44 bits per heavy atom. The zero-order chi connectivity index (χ0) is 45.0. The number of methoxy groups -OCH3 is 1. The van der Waals surface area contributed by atoms with E-state index in [-0.39, 0.29) is 60.8 Å². The first kappa shape index (κ1) is 49.0. The molecule has 0 radical (unpaired) electrons. The molecule has 6 rings (SSSR count). The Kier molecular flexibility index (Phi) is 16.4. The lowest BCUT2D eigenvalue weighted by Gasteiger charge is -2.58. The Labute approximate surface area is 374 Å². The van der Waals surface area contributed by atoms with Crippen molar-refractivity contribution in [2.75, 3.05) is 20.5 Å². The van der Waals surface area contributed by atoms with Crippen molar-refractivity contribution in [2.24, 2.45) is 69.5 Å². The van der Waals surface area contributed by atoms with Gasteiger partial charge in [-0.25, -0.2) is 4.79 Å². The van der Waals surface area contributed by atoms with Crippen molar-refractivity contribution in [3.8, 4) is 0 Å². The molecule has 0 N–H and O–H groups in total. The zero-order valence-corrected chi connectivity index (χ0v) is 40.3. The van der Waals surface area contributed by atoms with Crippen LogP contribution < -0.4 is 0 Å². The Balaban J connectivity index is 0.902. The van der Waals surface area contributed by atoms with Crippen molar-refractivity contribution in [3.05, 3.63) is 11.6 Å². The van der Waals surface area contributed by atoms with E-state index in [0.717, 1.165) is 81.0 Å². The van der Waals surface area contributed by atoms with Gasteiger partial charge < -0.3 is 28.4 Å². The van der Waals surface area contributed by atoms with Crippen LogP contribution in [-0.2, 0) is 47.6 Å². The van der Waals surface area contributed by atoms with Crippen LogP contribution in [0.25, 0.3) is 0 Å². The van der Waals surface area contributed by atoms with Crippen LogP contribution in [0.5, 0.6) is 0 Å². The third-order valence-electron chi connectivity index (χ3n) is 17.4. The topological polar surface area (TPSA) is 124 Å². The molecule has 5 saturated carbocycles. The van der Waals surface area contributed by atoms with Crippen molar-refractivity contribution < 1.29 is 47.6 Å². The Hall–Kier alpha value is -2.46. The molecular weight excluding hydrogens is 785 g/mol. The lowest BCUT2D eigenvalue weighted by atomic mass is 9.47. The zero-order valence-electron chi connectivity index (χ0n) is 40.3. The van der Waals surface area contributed by atoms with Crippen molar-refractivity contribution in [1.82, 2.24) is 0 Å². The summed E-state index contributed by atoms with van der Waals surface area (Å²) in [6.07, 6.45) is 19.4. The van der Waals surface area contributed by atoms with Crippen LogP contribution in [0.1, 0.15) is 178 Å². The first-order valence-electron chi connectivity index (χ1n) is 24.9. The SMILES string of the molecule is COC1CCC(OC(=O)C2CCC(OCOC(=O)C(CC(C)(C)C(=O)OCC(=O)OC3CCC4(C)C(=CCC5C4CCC4(C)C(C(C)CC(C)C)CCC54)C3)C(C)C)CC2)CC1. The van der Waals surface area contributed by atoms with E-state index >= 15 is 0 Å². The highest BCUT2D eigenvalue weighted by Crippen LogP contribution is 2.67. The van der Waals surface area contributed by atoms with Gasteiger partial charge in [0.15, 0.2) is 13.4 Å². The van der Waals surface area contributed by atoms with Crippen LogP contribution in [0, 0.1) is 69.5 Å². The average Bonchev–Trinajstić information content (AvgIpc) is 3.59. The van der Waals surface area contributed by atoms with Crippen molar-refractivity contribution in [3.63, 3.8) is 0 Å². The maximum Gasteiger partial charge on any atom is 0.344 e. The number of hydrogen-bond donors (Lipinski definition) is 0. The maximum atomic E-state index is 13.4. The van der Waals surface area contributed by atoms with Gasteiger partial charge in [-0.05, 0) is 175 Å². The summed E-state index contributed by atoms with van der Waals surface area (Å²) in [6, 6.07) is 0. The molecular formula is C52H84O10. The van der Waals surface area contributed by atoms with Gasteiger partial charge in [-0.3, -0.25) is 14.4 Å². The summed E-state index contributed by atoms with van der Waals surface area (Å²) in [6.45, 7) is 19.1. The summed E-state index contributed by atoms with van der Waals surface area (Å²) in [5.74, 6) is 2.21. The van der Waals surface area contributed by atoms with Crippen LogP contribution in [0.2, 0.25) is 0 Å². The third kappa shape index (κ3) is 11.3. The fraction of sp³-hybridized carbons (Fsp3) is 0.885. The second kappa shape index (κ2) is 20.8. The number of ether oxygens (including phenoxy) is 6. The van der Waals surface area contributed by atoms with Crippen LogP contribution >= 0.6 is 0 Å². The highest BCUT2D eigenvalue weighted by molar-refractivity contribution is 5.81. The Morgan fingerprint density at radius 1 is 0.758 bits per heavy atom. The number of esters is 4. The normalized spacial score (nSPS) is 35.7. The van der Waals surface area contributed by atoms with Gasteiger partial charge in [-0.2, -0.15) is 0 Å². The summed E-state index contributed by atoms with van der Waals surface area (Å²) >= 11 is 0. The number of allylic oxidation sites excluding steroid dienone is 1. The molecule has 6 aliphatic rings. The quantitative estimate of drug-likeness (QED) is 0.0604. The van der Waals surface area contributed by atoms with E-state index < -0.39 is 35.8 Å². The van der Waals surface area contributed by atoms with Gasteiger partial charge in [-0.1, -0.05) is 60.1 Å². The smallest absolute Gasteiger partial charge is 0.344 e. The Bertz CT molecular complexity index is 1570. The minimum atomic E-state index is -1.04. The highest BCUT2D eigenvalue weighted by Gasteiger charge is 2.59.